The van der Waals surface area contributed by atoms with Crippen LogP contribution in [0.1, 0.15) is 11.1 Å². The lowest BCUT2D eigenvalue weighted by molar-refractivity contribution is -0.115. The summed E-state index contributed by atoms with van der Waals surface area (Å²) in [6.07, 6.45) is -2.99. The lowest BCUT2D eigenvalue weighted by Crippen LogP contribution is -2.24. The highest BCUT2D eigenvalue weighted by Crippen LogP contribution is 2.31. The fourth-order valence-electron chi connectivity index (χ4n) is 3.49. The number of benzene rings is 2. The first kappa shape index (κ1) is 27.7. The molecule has 0 saturated carbocycles. The van der Waals surface area contributed by atoms with E-state index in [0.717, 1.165) is 33.2 Å². The molecule has 0 aliphatic rings. The molecule has 0 atom stereocenters. The molecule has 0 radical (unpaired) electrons. The van der Waals surface area contributed by atoms with Crippen LogP contribution in [0.25, 0.3) is 0 Å². The predicted octanol–water partition coefficient (Wildman–Crippen LogP) is 6.68. The van der Waals surface area contributed by atoms with Crippen molar-refractivity contribution in [3.63, 3.8) is 0 Å². The van der Waals surface area contributed by atoms with Gasteiger partial charge < -0.3 is 19.7 Å². The van der Waals surface area contributed by atoms with E-state index >= 15 is 0 Å². The standard InChI is InChI=1S/C25H23ClF3N5O2S2/c1-35-18-7-3-16(4-8-18)13-34(14-17-5-9-19(36-2)10-6-17)22-11-20(31-15-25(27,28)29)21(12-30-22)32-24-23(26)33-38-37-24/h3-12H,13-15H2,1-2H3,(H,30,31)/b32-24+. The number of hydrogen-bond donors (Lipinski definition) is 1. The van der Waals surface area contributed by atoms with E-state index in [1.807, 2.05) is 53.4 Å². The Morgan fingerprint density at radius 1 is 0.974 bits per heavy atom. The zero-order chi connectivity index (χ0) is 27.1. The fourth-order valence-corrected chi connectivity index (χ4v) is 5.48. The number of methoxy groups -OCH3 is 2. The number of ether oxygens (including phenoxy) is 2. The average Bonchev–Trinajstić information content (AvgIpc) is 3.32. The third-order valence-corrected chi connectivity index (χ3v) is 7.54. The minimum Gasteiger partial charge on any atom is -0.497 e. The zero-order valence-corrected chi connectivity index (χ0v) is 22.7. The second-order valence-electron chi connectivity index (χ2n) is 8.04. The van der Waals surface area contributed by atoms with Crippen LogP contribution < -0.4 is 24.4 Å². The minimum absolute atomic E-state index is 0.177. The number of hydrogen-bond acceptors (Lipinski definition) is 9. The molecule has 13 heteroatoms. The summed E-state index contributed by atoms with van der Waals surface area (Å²) in [6.45, 7) is -0.337. The molecule has 0 bridgehead atoms. The van der Waals surface area contributed by atoms with Crippen LogP contribution >= 0.6 is 32.5 Å². The number of anilines is 2. The number of rotatable bonds is 10. The van der Waals surface area contributed by atoms with Gasteiger partial charge in [0.15, 0.2) is 9.82 Å². The van der Waals surface area contributed by atoms with Gasteiger partial charge in [0.25, 0.3) is 0 Å². The van der Waals surface area contributed by atoms with Crippen molar-refractivity contribution >= 4 is 49.7 Å². The van der Waals surface area contributed by atoms with Crippen molar-refractivity contribution < 1.29 is 22.6 Å². The van der Waals surface area contributed by atoms with Gasteiger partial charge in [0.1, 0.15) is 29.5 Å². The topological polar surface area (TPSA) is 71.9 Å². The molecule has 0 unspecified atom stereocenters. The maximum absolute atomic E-state index is 13.1. The molecule has 4 rings (SSSR count). The first-order valence-corrected chi connectivity index (χ1v) is 13.7. The Morgan fingerprint density at radius 3 is 2.03 bits per heavy atom. The number of aromatic nitrogens is 2. The molecular formula is C25H23ClF3N5O2S2. The van der Waals surface area contributed by atoms with Gasteiger partial charge in [-0.05, 0) is 45.7 Å². The van der Waals surface area contributed by atoms with Crippen molar-refractivity contribution in [1.29, 1.82) is 0 Å². The largest absolute Gasteiger partial charge is 0.497 e. The highest BCUT2D eigenvalue weighted by atomic mass is 35.5. The quantitative estimate of drug-likeness (QED) is 0.211. The van der Waals surface area contributed by atoms with Crippen LogP contribution in [0.4, 0.5) is 30.4 Å². The molecule has 0 fully saturated rings. The Hall–Kier alpha value is -3.35. The van der Waals surface area contributed by atoms with Crippen molar-refractivity contribution in [1.82, 2.24) is 9.36 Å². The van der Waals surface area contributed by atoms with Crippen LogP contribution in [-0.4, -0.2) is 36.3 Å². The van der Waals surface area contributed by atoms with Gasteiger partial charge >= 0.3 is 6.18 Å². The van der Waals surface area contributed by atoms with E-state index in [2.05, 4.69) is 19.7 Å². The summed E-state index contributed by atoms with van der Waals surface area (Å²) >= 11 is 6.07. The van der Waals surface area contributed by atoms with E-state index in [0.29, 0.717) is 23.6 Å². The highest BCUT2D eigenvalue weighted by molar-refractivity contribution is 7.66. The molecule has 0 aliphatic heterocycles. The molecule has 7 nitrogen and oxygen atoms in total. The van der Waals surface area contributed by atoms with Gasteiger partial charge in [0, 0.05) is 29.7 Å². The molecule has 1 N–H and O–H groups in total. The molecule has 2 heterocycles. The summed E-state index contributed by atoms with van der Waals surface area (Å²) in [5.41, 5.74) is 2.34. The first-order valence-electron chi connectivity index (χ1n) is 11.2. The number of pyridine rings is 1. The molecule has 38 heavy (non-hydrogen) atoms. The molecule has 2 aromatic heterocycles. The normalized spacial score (nSPS) is 11.9. The smallest absolute Gasteiger partial charge is 0.405 e. The van der Waals surface area contributed by atoms with Crippen LogP contribution in [0, 0.1) is 0 Å². The van der Waals surface area contributed by atoms with E-state index in [9.17, 15) is 13.2 Å². The van der Waals surface area contributed by atoms with Crippen LogP contribution in [0.5, 0.6) is 11.5 Å². The summed E-state index contributed by atoms with van der Waals surface area (Å²) < 4.78 is 54.2. The lowest BCUT2D eigenvalue weighted by Gasteiger charge is -2.25. The highest BCUT2D eigenvalue weighted by Gasteiger charge is 2.27. The zero-order valence-electron chi connectivity index (χ0n) is 20.3. The summed E-state index contributed by atoms with van der Waals surface area (Å²) in [6, 6.07) is 16.7. The van der Waals surface area contributed by atoms with E-state index in [1.54, 1.807) is 20.3 Å². The lowest BCUT2D eigenvalue weighted by atomic mass is 10.1. The maximum Gasteiger partial charge on any atom is 0.405 e. The van der Waals surface area contributed by atoms with Gasteiger partial charge in [0.2, 0.25) is 0 Å². The van der Waals surface area contributed by atoms with Gasteiger partial charge in [0.05, 0.1) is 26.1 Å². The van der Waals surface area contributed by atoms with E-state index in [4.69, 9.17) is 21.1 Å². The third-order valence-electron chi connectivity index (χ3n) is 5.37. The third kappa shape index (κ3) is 7.59. The Balaban J connectivity index is 1.72. The van der Waals surface area contributed by atoms with Crippen molar-refractivity contribution in [3.8, 4) is 11.5 Å². The minimum atomic E-state index is -4.42. The maximum atomic E-state index is 13.1. The molecule has 2 aromatic carbocycles. The van der Waals surface area contributed by atoms with Crippen LogP contribution in [-0.2, 0) is 13.1 Å². The van der Waals surface area contributed by atoms with Crippen LogP contribution in [0.3, 0.4) is 0 Å². The summed E-state index contributed by atoms with van der Waals surface area (Å²) in [5.74, 6) is 1.92. The molecule has 0 amide bonds. The van der Waals surface area contributed by atoms with Gasteiger partial charge in [-0.3, -0.25) is 0 Å². The SMILES string of the molecule is COc1ccc(CN(Cc2ccc(OC)cc2)c2cc(NCC(F)(F)F)c(/N=c3/ssnc3Cl)cn2)cc1. The second kappa shape index (κ2) is 12.5. The fraction of sp³-hybridized carbons (Fsp3) is 0.240. The van der Waals surface area contributed by atoms with Gasteiger partial charge in [-0.15, -0.1) is 0 Å². The number of nitrogens with zero attached hydrogens (tertiary/aromatic N) is 4. The van der Waals surface area contributed by atoms with Crippen molar-refractivity contribution in [2.24, 2.45) is 4.99 Å². The number of halogens is 4. The van der Waals surface area contributed by atoms with E-state index in [1.165, 1.54) is 16.5 Å². The van der Waals surface area contributed by atoms with Crippen LogP contribution in [0.2, 0.25) is 5.15 Å². The summed E-state index contributed by atoms with van der Waals surface area (Å²) in [4.78, 5) is 10.9. The number of alkyl halides is 3. The van der Waals surface area contributed by atoms with Gasteiger partial charge in [-0.2, -0.15) is 17.5 Å². The molecule has 4 aromatic rings. The van der Waals surface area contributed by atoms with E-state index < -0.39 is 12.7 Å². The average molecular weight is 582 g/mol. The summed E-state index contributed by atoms with van der Waals surface area (Å²) in [7, 11) is 5.55. The molecule has 200 valence electrons. The Labute approximate surface area is 229 Å². The monoisotopic (exact) mass is 581 g/mol. The van der Waals surface area contributed by atoms with Gasteiger partial charge in [-0.25, -0.2) is 9.98 Å². The molecular weight excluding hydrogens is 559 g/mol. The van der Waals surface area contributed by atoms with Crippen molar-refractivity contribution in [2.45, 2.75) is 19.3 Å². The van der Waals surface area contributed by atoms with Crippen molar-refractivity contribution in [2.75, 3.05) is 31.0 Å². The second-order valence-corrected chi connectivity index (χ2v) is 10.2. The Bertz CT molecular complexity index is 1360. The molecule has 0 saturated heterocycles. The van der Waals surface area contributed by atoms with Crippen molar-refractivity contribution in [3.05, 3.63) is 81.7 Å². The first-order chi connectivity index (χ1) is 18.2. The molecule has 0 spiro atoms. The van der Waals surface area contributed by atoms with Gasteiger partial charge in [-0.1, -0.05) is 35.9 Å². The van der Waals surface area contributed by atoms with Crippen LogP contribution in [0.15, 0.2) is 65.8 Å². The summed E-state index contributed by atoms with van der Waals surface area (Å²) in [5, 5.41) is 2.65. The number of nitrogens with one attached hydrogen (secondary N) is 1. The Kier molecular flexibility index (Phi) is 9.08. The molecule has 0 aliphatic carbocycles. The van der Waals surface area contributed by atoms with E-state index in [-0.39, 0.29) is 16.5 Å². The Morgan fingerprint density at radius 2 is 1.55 bits per heavy atom. The predicted molar refractivity (Wildman–Crippen MR) is 145 cm³/mol.